The van der Waals surface area contributed by atoms with E-state index in [0.717, 1.165) is 6.21 Å². The van der Waals surface area contributed by atoms with E-state index in [0.29, 0.717) is 17.3 Å². The number of benzene rings is 1. The highest BCUT2D eigenvalue weighted by atomic mass is 35.5. The number of aliphatic imine (C=N–C) groups is 1. The third-order valence-electron chi connectivity index (χ3n) is 2.48. The topological polar surface area (TPSA) is 71.8 Å². The molecule has 1 aromatic heterocycles. The molecule has 0 unspecified atom stereocenters. The number of carboxylic acids is 1. The van der Waals surface area contributed by atoms with Gasteiger partial charge in [0.15, 0.2) is 0 Å². The zero-order chi connectivity index (χ0) is 16.8. The number of ether oxygens (including phenoxy) is 1. The molecule has 0 aliphatic carbocycles. The van der Waals surface area contributed by atoms with E-state index in [1.165, 1.54) is 30.5 Å². The molecule has 1 aromatic carbocycles. The lowest BCUT2D eigenvalue weighted by molar-refractivity contribution is -0.131. The van der Waals surface area contributed by atoms with Crippen LogP contribution in [-0.4, -0.2) is 22.3 Å². The third-order valence-corrected chi connectivity index (χ3v) is 3.23. The molecule has 0 radical (unpaired) electrons. The minimum atomic E-state index is -1.34. The Labute approximate surface area is 140 Å². The second-order valence-corrected chi connectivity index (χ2v) is 4.92. The van der Waals surface area contributed by atoms with E-state index >= 15 is 0 Å². The predicted octanol–water partition coefficient (Wildman–Crippen LogP) is 4.49. The Morgan fingerprint density at radius 2 is 1.91 bits per heavy atom. The molecule has 0 bridgehead atoms. The number of pyridine rings is 1. The highest BCUT2D eigenvalue weighted by Crippen LogP contribution is 2.22. The van der Waals surface area contributed by atoms with Crippen LogP contribution in [0.25, 0.3) is 0 Å². The van der Waals surface area contributed by atoms with Crippen LogP contribution in [0.15, 0.2) is 57.7 Å². The number of nitrogens with zero attached hydrogens (tertiary/aromatic N) is 2. The van der Waals surface area contributed by atoms with Crippen LogP contribution in [0.4, 0.5) is 10.1 Å². The van der Waals surface area contributed by atoms with Crippen molar-refractivity contribution in [2.24, 2.45) is 4.99 Å². The number of hydrogen-bond donors (Lipinski definition) is 1. The van der Waals surface area contributed by atoms with Crippen molar-refractivity contribution in [3.63, 3.8) is 0 Å². The quantitative estimate of drug-likeness (QED) is 0.634. The SMILES string of the molecule is O=C(O)C(Cl)=C(Cl)C=Nc1ccc(Oc2ccc(F)cc2)nc1. The molecule has 2 aromatic rings. The number of aliphatic carboxylic acids is 1. The summed E-state index contributed by atoms with van der Waals surface area (Å²) in [5, 5.41) is 7.92. The average molecular weight is 355 g/mol. The van der Waals surface area contributed by atoms with Crippen molar-refractivity contribution in [2.45, 2.75) is 0 Å². The summed E-state index contributed by atoms with van der Waals surface area (Å²) in [4.78, 5) is 18.6. The van der Waals surface area contributed by atoms with Crippen molar-refractivity contribution in [1.29, 1.82) is 0 Å². The van der Waals surface area contributed by atoms with E-state index in [-0.39, 0.29) is 10.8 Å². The third kappa shape index (κ3) is 5.05. The van der Waals surface area contributed by atoms with Gasteiger partial charge in [0.25, 0.3) is 0 Å². The van der Waals surface area contributed by atoms with E-state index < -0.39 is 11.0 Å². The van der Waals surface area contributed by atoms with E-state index in [1.807, 2.05) is 0 Å². The first kappa shape index (κ1) is 16.9. The Morgan fingerprint density at radius 3 is 2.48 bits per heavy atom. The molecule has 5 nitrogen and oxygen atoms in total. The fourth-order valence-corrected chi connectivity index (χ4v) is 1.60. The zero-order valence-electron chi connectivity index (χ0n) is 11.4. The maximum Gasteiger partial charge on any atom is 0.348 e. The highest BCUT2D eigenvalue weighted by Gasteiger charge is 2.07. The lowest BCUT2D eigenvalue weighted by Gasteiger charge is -2.04. The monoisotopic (exact) mass is 354 g/mol. The number of carbonyl (C=O) groups is 1. The molecule has 0 fully saturated rings. The van der Waals surface area contributed by atoms with Crippen molar-refractivity contribution >= 4 is 41.1 Å². The van der Waals surface area contributed by atoms with Crippen LogP contribution >= 0.6 is 23.2 Å². The Hall–Kier alpha value is -2.44. The van der Waals surface area contributed by atoms with Crippen LogP contribution in [0, 0.1) is 5.82 Å². The second-order valence-electron chi connectivity index (χ2n) is 4.14. The van der Waals surface area contributed by atoms with Gasteiger partial charge in [-0.15, -0.1) is 0 Å². The predicted molar refractivity (Wildman–Crippen MR) is 85.2 cm³/mol. The summed E-state index contributed by atoms with van der Waals surface area (Å²) in [7, 11) is 0. The number of halogens is 3. The van der Waals surface area contributed by atoms with Crippen molar-refractivity contribution in [1.82, 2.24) is 4.98 Å². The standard InChI is InChI=1S/C15H9Cl2FN2O3/c16-12(14(17)15(21)22)8-19-10-3-6-13(20-7-10)23-11-4-1-9(18)2-5-11/h1-8H,(H,21,22). The molecule has 0 saturated carbocycles. The Bertz CT molecular complexity index is 759. The largest absolute Gasteiger partial charge is 0.477 e. The van der Waals surface area contributed by atoms with Gasteiger partial charge in [-0.3, -0.25) is 4.99 Å². The van der Waals surface area contributed by atoms with Gasteiger partial charge in [0.2, 0.25) is 5.88 Å². The molecule has 0 amide bonds. The van der Waals surface area contributed by atoms with Crippen molar-refractivity contribution < 1.29 is 19.0 Å². The van der Waals surface area contributed by atoms with Gasteiger partial charge in [-0.2, -0.15) is 0 Å². The minimum absolute atomic E-state index is 0.203. The smallest absolute Gasteiger partial charge is 0.348 e. The molecule has 23 heavy (non-hydrogen) atoms. The van der Waals surface area contributed by atoms with Gasteiger partial charge in [0.05, 0.1) is 16.9 Å². The summed E-state index contributed by atoms with van der Waals surface area (Å²) in [6.45, 7) is 0. The van der Waals surface area contributed by atoms with E-state index in [4.69, 9.17) is 33.0 Å². The molecular weight excluding hydrogens is 346 g/mol. The molecule has 118 valence electrons. The molecule has 1 heterocycles. The van der Waals surface area contributed by atoms with Crippen molar-refractivity contribution in [3.8, 4) is 11.6 Å². The number of aromatic nitrogens is 1. The van der Waals surface area contributed by atoms with E-state index in [1.54, 1.807) is 12.1 Å². The first-order chi connectivity index (χ1) is 11.0. The summed E-state index contributed by atoms with van der Waals surface area (Å²) < 4.78 is 18.2. The minimum Gasteiger partial charge on any atom is -0.477 e. The molecule has 8 heteroatoms. The summed E-state index contributed by atoms with van der Waals surface area (Å²) in [5.41, 5.74) is 0.421. The van der Waals surface area contributed by atoms with Gasteiger partial charge in [-0.05, 0) is 30.3 Å². The Kier molecular flexibility index (Phi) is 5.67. The van der Waals surface area contributed by atoms with E-state index in [9.17, 15) is 9.18 Å². The fourth-order valence-electron chi connectivity index (χ4n) is 1.42. The summed E-state index contributed by atoms with van der Waals surface area (Å²) in [5.74, 6) is -0.973. The molecule has 2 rings (SSSR count). The molecule has 0 atom stereocenters. The molecule has 0 saturated heterocycles. The lowest BCUT2D eigenvalue weighted by atomic mass is 10.3. The van der Waals surface area contributed by atoms with Gasteiger partial charge in [0, 0.05) is 12.3 Å². The van der Waals surface area contributed by atoms with Crippen LogP contribution in [-0.2, 0) is 4.79 Å². The van der Waals surface area contributed by atoms with Crippen LogP contribution in [0.2, 0.25) is 0 Å². The first-order valence-electron chi connectivity index (χ1n) is 6.18. The highest BCUT2D eigenvalue weighted by molar-refractivity contribution is 6.51. The van der Waals surface area contributed by atoms with Gasteiger partial charge < -0.3 is 9.84 Å². The summed E-state index contributed by atoms with van der Waals surface area (Å²) >= 11 is 11.1. The Morgan fingerprint density at radius 1 is 1.22 bits per heavy atom. The van der Waals surface area contributed by atoms with Crippen LogP contribution in [0.5, 0.6) is 11.6 Å². The lowest BCUT2D eigenvalue weighted by Crippen LogP contribution is -1.96. The zero-order valence-corrected chi connectivity index (χ0v) is 12.9. The van der Waals surface area contributed by atoms with Gasteiger partial charge in [0.1, 0.15) is 16.6 Å². The van der Waals surface area contributed by atoms with Gasteiger partial charge in [-0.1, -0.05) is 23.2 Å². The number of hydrogen-bond acceptors (Lipinski definition) is 4. The van der Waals surface area contributed by atoms with E-state index in [2.05, 4.69) is 9.98 Å². The molecule has 1 N–H and O–H groups in total. The normalized spacial score (nSPS) is 12.1. The molecule has 0 aliphatic rings. The van der Waals surface area contributed by atoms with Crippen LogP contribution in [0.1, 0.15) is 0 Å². The number of rotatable bonds is 5. The van der Waals surface area contributed by atoms with Gasteiger partial charge >= 0.3 is 5.97 Å². The number of carboxylic acid groups (broad SMARTS) is 1. The van der Waals surface area contributed by atoms with Crippen LogP contribution < -0.4 is 4.74 Å². The van der Waals surface area contributed by atoms with Crippen LogP contribution in [0.3, 0.4) is 0 Å². The van der Waals surface area contributed by atoms with Crippen molar-refractivity contribution in [2.75, 3.05) is 0 Å². The summed E-state index contributed by atoms with van der Waals surface area (Å²) in [6.07, 6.45) is 2.50. The maximum absolute atomic E-state index is 12.8. The fraction of sp³-hybridized carbons (Fsp3) is 0. The molecule has 0 aliphatic heterocycles. The van der Waals surface area contributed by atoms with Gasteiger partial charge in [-0.25, -0.2) is 14.2 Å². The van der Waals surface area contributed by atoms with Crippen molar-refractivity contribution in [3.05, 3.63) is 58.5 Å². The summed E-state index contributed by atoms with van der Waals surface area (Å²) in [6, 6.07) is 8.62. The Balaban J connectivity index is 2.06. The number of allylic oxidation sites excluding steroid dienone is 1. The molecule has 0 spiro atoms. The second kappa shape index (κ2) is 7.71. The maximum atomic E-state index is 12.8. The molecular formula is C15H9Cl2FN2O3. The first-order valence-corrected chi connectivity index (χ1v) is 6.93. The average Bonchev–Trinajstić information content (AvgIpc) is 2.55.